The number of amides is 1. The van der Waals surface area contributed by atoms with E-state index in [2.05, 4.69) is 20.3 Å². The lowest BCUT2D eigenvalue weighted by atomic mass is 10.1. The predicted octanol–water partition coefficient (Wildman–Crippen LogP) is 2.73. The number of pyridine rings is 1. The van der Waals surface area contributed by atoms with E-state index >= 15 is 0 Å². The molecule has 4 rings (SSSR count). The van der Waals surface area contributed by atoms with E-state index < -0.39 is 5.91 Å². The zero-order valence-electron chi connectivity index (χ0n) is 16.2. The van der Waals surface area contributed by atoms with Gasteiger partial charge in [0.25, 0.3) is 5.91 Å². The Morgan fingerprint density at radius 2 is 1.79 bits per heavy atom. The molecule has 144 valence electrons. The number of anilines is 2. The van der Waals surface area contributed by atoms with Crippen LogP contribution in [0.2, 0.25) is 0 Å². The van der Waals surface area contributed by atoms with Crippen LogP contribution in [0, 0.1) is 13.8 Å². The Morgan fingerprint density at radius 3 is 2.54 bits per heavy atom. The number of aryl methyl sites for hydroxylation is 2. The van der Waals surface area contributed by atoms with Gasteiger partial charge >= 0.3 is 0 Å². The molecule has 1 N–H and O–H groups in total. The third-order valence-corrected chi connectivity index (χ3v) is 4.40. The molecule has 0 atom stereocenters. The van der Waals surface area contributed by atoms with Crippen LogP contribution >= 0.6 is 0 Å². The summed E-state index contributed by atoms with van der Waals surface area (Å²) in [4.78, 5) is 28.1. The number of hydrogen-bond acceptors (Lipinski definition) is 7. The number of benzene rings is 1. The van der Waals surface area contributed by atoms with Crippen molar-refractivity contribution < 1.29 is 14.3 Å². The smallest absolute Gasteiger partial charge is 0.293 e. The van der Waals surface area contributed by atoms with Gasteiger partial charge in [0.2, 0.25) is 5.82 Å². The molecule has 0 bridgehead atoms. The Morgan fingerprint density at radius 1 is 1.04 bits per heavy atom. The van der Waals surface area contributed by atoms with Crippen LogP contribution in [0.4, 0.5) is 11.5 Å². The summed E-state index contributed by atoms with van der Waals surface area (Å²) in [6, 6.07) is 7.23. The third kappa shape index (κ3) is 3.28. The summed E-state index contributed by atoms with van der Waals surface area (Å²) >= 11 is 0. The van der Waals surface area contributed by atoms with Crippen LogP contribution in [0.25, 0.3) is 11.0 Å². The molecule has 0 fully saturated rings. The number of nitrogens with zero attached hydrogens (tertiary/aromatic N) is 4. The van der Waals surface area contributed by atoms with E-state index in [1.807, 2.05) is 38.9 Å². The number of carbonyl (C=O) groups is 1. The fraction of sp³-hybridized carbons (Fsp3) is 0.300. The molecule has 1 aliphatic heterocycles. The van der Waals surface area contributed by atoms with E-state index in [1.165, 1.54) is 0 Å². The molecule has 28 heavy (non-hydrogen) atoms. The van der Waals surface area contributed by atoms with Gasteiger partial charge in [0.15, 0.2) is 17.1 Å². The number of carbonyl (C=O) groups excluding carboxylic acids is 1. The maximum atomic E-state index is 12.8. The number of hydrogen-bond donors (Lipinski definition) is 1. The zero-order valence-corrected chi connectivity index (χ0v) is 16.2. The van der Waals surface area contributed by atoms with Crippen molar-refractivity contribution in [2.75, 3.05) is 37.5 Å². The molecule has 3 heterocycles. The Kier molecular flexibility index (Phi) is 4.46. The molecule has 0 aliphatic carbocycles. The topological polar surface area (TPSA) is 89.5 Å². The summed E-state index contributed by atoms with van der Waals surface area (Å²) < 4.78 is 11.1. The molecule has 0 spiro atoms. The van der Waals surface area contributed by atoms with Crippen molar-refractivity contribution in [1.29, 1.82) is 0 Å². The number of ether oxygens (including phenoxy) is 2. The third-order valence-electron chi connectivity index (χ3n) is 4.40. The second-order valence-electron chi connectivity index (χ2n) is 6.86. The van der Waals surface area contributed by atoms with Crippen LogP contribution < -0.4 is 19.7 Å². The van der Waals surface area contributed by atoms with E-state index in [-0.39, 0.29) is 5.82 Å². The number of aromatic nitrogens is 3. The van der Waals surface area contributed by atoms with E-state index in [9.17, 15) is 4.79 Å². The van der Waals surface area contributed by atoms with E-state index in [0.717, 1.165) is 16.6 Å². The first-order valence-corrected chi connectivity index (χ1v) is 8.96. The average Bonchev–Trinajstić information content (AvgIpc) is 2.66. The second kappa shape index (κ2) is 6.95. The second-order valence-corrected chi connectivity index (χ2v) is 6.86. The lowest BCUT2D eigenvalue weighted by Crippen LogP contribution is -2.20. The van der Waals surface area contributed by atoms with Gasteiger partial charge in [-0.05, 0) is 37.6 Å². The highest BCUT2D eigenvalue weighted by molar-refractivity contribution is 6.04. The van der Waals surface area contributed by atoms with Crippen molar-refractivity contribution in [2.24, 2.45) is 0 Å². The van der Waals surface area contributed by atoms with Gasteiger partial charge in [-0.15, -0.1) is 0 Å². The summed E-state index contributed by atoms with van der Waals surface area (Å²) in [5.74, 6) is 1.56. The highest BCUT2D eigenvalue weighted by Gasteiger charge is 2.19. The molecule has 0 radical (unpaired) electrons. The molecule has 2 aromatic heterocycles. The van der Waals surface area contributed by atoms with Crippen LogP contribution in [-0.2, 0) is 0 Å². The van der Waals surface area contributed by atoms with Crippen molar-refractivity contribution in [3.8, 4) is 11.5 Å². The van der Waals surface area contributed by atoms with Crippen LogP contribution in [0.1, 0.15) is 21.9 Å². The normalized spacial score (nSPS) is 12.7. The number of rotatable bonds is 3. The summed E-state index contributed by atoms with van der Waals surface area (Å²) in [5, 5.41) is 3.66. The van der Waals surface area contributed by atoms with Crippen molar-refractivity contribution in [3.05, 3.63) is 41.3 Å². The van der Waals surface area contributed by atoms with Crippen LogP contribution in [0.5, 0.6) is 11.5 Å². The Bertz CT molecular complexity index is 1080. The summed E-state index contributed by atoms with van der Waals surface area (Å²) in [5.41, 5.74) is 2.94. The molecular formula is C20H21N5O3. The van der Waals surface area contributed by atoms with Crippen molar-refractivity contribution in [1.82, 2.24) is 15.0 Å². The van der Waals surface area contributed by atoms with Gasteiger partial charge in [-0.25, -0.2) is 15.0 Å². The van der Waals surface area contributed by atoms with Gasteiger partial charge < -0.3 is 19.7 Å². The minimum Gasteiger partial charge on any atom is -0.486 e. The molecule has 1 amide bonds. The molecule has 1 aliphatic rings. The zero-order chi connectivity index (χ0) is 19.8. The summed E-state index contributed by atoms with van der Waals surface area (Å²) in [6.07, 6.45) is 0. The number of nitrogens with one attached hydrogen (secondary N) is 1. The SMILES string of the molecule is Cc1cc(C)c2c(N(C)C)nc(C(=O)Nc3ccc4c(c3)OCCO4)nc2n1. The van der Waals surface area contributed by atoms with E-state index in [1.54, 1.807) is 18.2 Å². The monoisotopic (exact) mass is 379 g/mol. The van der Waals surface area contributed by atoms with Crippen molar-refractivity contribution >= 4 is 28.4 Å². The van der Waals surface area contributed by atoms with Gasteiger partial charge in [-0.1, -0.05) is 0 Å². The summed E-state index contributed by atoms with van der Waals surface area (Å²) in [6.45, 7) is 4.89. The lowest BCUT2D eigenvalue weighted by molar-refractivity contribution is 0.101. The predicted molar refractivity (Wildman–Crippen MR) is 107 cm³/mol. The Balaban J connectivity index is 1.71. The summed E-state index contributed by atoms with van der Waals surface area (Å²) in [7, 11) is 3.76. The Hall–Kier alpha value is -3.42. The molecule has 0 unspecified atom stereocenters. The minimum absolute atomic E-state index is 0.0589. The van der Waals surface area contributed by atoms with E-state index in [4.69, 9.17) is 9.47 Å². The molecule has 3 aromatic rings. The fourth-order valence-electron chi connectivity index (χ4n) is 3.19. The molecule has 0 saturated heterocycles. The maximum Gasteiger partial charge on any atom is 0.293 e. The van der Waals surface area contributed by atoms with Crippen LogP contribution in [0.15, 0.2) is 24.3 Å². The standard InChI is InChI=1S/C20H21N5O3/c1-11-9-12(2)21-17-16(11)19(25(3)4)24-18(23-17)20(26)22-13-5-6-14-15(10-13)28-8-7-27-14/h5-6,9-10H,7-8H2,1-4H3,(H,22,26). The van der Waals surface area contributed by atoms with E-state index in [0.29, 0.717) is 41.9 Å². The minimum atomic E-state index is -0.414. The molecule has 8 nitrogen and oxygen atoms in total. The maximum absolute atomic E-state index is 12.8. The first-order chi connectivity index (χ1) is 13.4. The Labute approximate surface area is 162 Å². The molecule has 0 saturated carbocycles. The molecular weight excluding hydrogens is 358 g/mol. The quantitative estimate of drug-likeness (QED) is 0.748. The van der Waals surface area contributed by atoms with Gasteiger partial charge in [-0.3, -0.25) is 4.79 Å². The van der Waals surface area contributed by atoms with Gasteiger partial charge in [0.1, 0.15) is 19.0 Å². The van der Waals surface area contributed by atoms with Gasteiger partial charge in [-0.2, -0.15) is 0 Å². The fourth-order valence-corrected chi connectivity index (χ4v) is 3.19. The molecule has 1 aromatic carbocycles. The highest BCUT2D eigenvalue weighted by Crippen LogP contribution is 2.33. The first kappa shape index (κ1) is 18.0. The molecule has 8 heteroatoms. The van der Waals surface area contributed by atoms with Crippen molar-refractivity contribution in [2.45, 2.75) is 13.8 Å². The van der Waals surface area contributed by atoms with Crippen LogP contribution in [-0.4, -0.2) is 48.2 Å². The lowest BCUT2D eigenvalue weighted by Gasteiger charge is -2.19. The number of fused-ring (bicyclic) bond motifs is 2. The van der Waals surface area contributed by atoms with Gasteiger partial charge in [0.05, 0.1) is 5.39 Å². The van der Waals surface area contributed by atoms with Crippen molar-refractivity contribution in [3.63, 3.8) is 0 Å². The van der Waals surface area contributed by atoms with Crippen LogP contribution in [0.3, 0.4) is 0 Å². The first-order valence-electron chi connectivity index (χ1n) is 8.96. The highest BCUT2D eigenvalue weighted by atomic mass is 16.6. The van der Waals surface area contributed by atoms with Gasteiger partial charge in [0, 0.05) is 31.5 Å². The average molecular weight is 379 g/mol. The largest absolute Gasteiger partial charge is 0.486 e.